The van der Waals surface area contributed by atoms with E-state index in [1.165, 1.54) is 5.56 Å². The molecule has 19 heavy (non-hydrogen) atoms. The molecule has 102 valence electrons. The van der Waals surface area contributed by atoms with E-state index in [1.54, 1.807) is 4.90 Å². The lowest BCUT2D eigenvalue weighted by atomic mass is 9.99. The van der Waals surface area contributed by atoms with Crippen LogP contribution in [-0.4, -0.2) is 34.3 Å². The predicted molar refractivity (Wildman–Crippen MR) is 72.1 cm³/mol. The van der Waals surface area contributed by atoms with Crippen LogP contribution in [0.15, 0.2) is 12.1 Å². The Balaban J connectivity index is 2.26. The molecule has 0 saturated carbocycles. The molecule has 0 radical (unpaired) electrons. The van der Waals surface area contributed by atoms with E-state index in [1.807, 2.05) is 20.8 Å². The summed E-state index contributed by atoms with van der Waals surface area (Å²) in [6.45, 7) is 6.87. The fourth-order valence-electron chi connectivity index (χ4n) is 2.82. The van der Waals surface area contributed by atoms with Gasteiger partial charge < -0.3 is 5.11 Å². The Morgan fingerprint density at radius 3 is 2.42 bits per heavy atom. The number of carboxylic acid groups (broad SMARTS) is 1. The molecule has 0 aromatic heterocycles. The van der Waals surface area contributed by atoms with Crippen molar-refractivity contribution in [2.24, 2.45) is 0 Å². The van der Waals surface area contributed by atoms with Crippen LogP contribution < -0.4 is 0 Å². The topological polar surface area (TPSA) is 57.6 Å². The first kappa shape index (κ1) is 13.7. The summed E-state index contributed by atoms with van der Waals surface area (Å²) in [6.07, 6.45) is 0.124. The van der Waals surface area contributed by atoms with Gasteiger partial charge in [-0.25, -0.2) is 0 Å². The molecule has 4 heteroatoms. The van der Waals surface area contributed by atoms with Gasteiger partial charge in [0.15, 0.2) is 0 Å². The number of benzene rings is 1. The van der Waals surface area contributed by atoms with Gasteiger partial charge in [-0.3, -0.25) is 14.5 Å². The first-order valence-electron chi connectivity index (χ1n) is 6.43. The molecule has 1 aliphatic rings. The molecule has 0 spiro atoms. The van der Waals surface area contributed by atoms with Crippen LogP contribution in [0.3, 0.4) is 0 Å². The van der Waals surface area contributed by atoms with Gasteiger partial charge in [-0.15, -0.1) is 0 Å². The number of aryl methyl sites for hydroxylation is 3. The van der Waals surface area contributed by atoms with Crippen molar-refractivity contribution < 1.29 is 14.7 Å². The standard InChI is InChI=1S/C15H19NO3/c1-9-4-10(2)13(11(3)5-9)8-16-7-12(17)6-14(16)15(18)19/h4-5,14H,6-8H2,1-3H3,(H,18,19). The average Bonchev–Trinajstić information content (AvgIpc) is 2.65. The third-order valence-corrected chi connectivity index (χ3v) is 3.73. The second-order valence-corrected chi connectivity index (χ2v) is 5.38. The summed E-state index contributed by atoms with van der Waals surface area (Å²) >= 11 is 0. The van der Waals surface area contributed by atoms with Crippen molar-refractivity contribution in [2.45, 2.75) is 39.8 Å². The number of carbonyl (C=O) groups is 2. The highest BCUT2D eigenvalue weighted by molar-refractivity contribution is 5.90. The molecule has 1 fully saturated rings. The van der Waals surface area contributed by atoms with Crippen molar-refractivity contribution in [1.29, 1.82) is 0 Å². The molecule has 1 aromatic rings. The Bertz CT molecular complexity index is 513. The van der Waals surface area contributed by atoms with Crippen molar-refractivity contribution in [3.63, 3.8) is 0 Å². The molecule has 0 amide bonds. The molecule has 4 nitrogen and oxygen atoms in total. The Labute approximate surface area is 113 Å². The maximum absolute atomic E-state index is 11.5. The SMILES string of the molecule is Cc1cc(C)c(CN2CC(=O)CC2C(=O)O)c(C)c1. The zero-order valence-electron chi connectivity index (χ0n) is 11.6. The van der Waals surface area contributed by atoms with Gasteiger partial charge in [0.05, 0.1) is 6.54 Å². The zero-order valence-corrected chi connectivity index (χ0v) is 11.6. The molecule has 1 atom stereocenters. The van der Waals surface area contributed by atoms with Crippen LogP contribution in [0.2, 0.25) is 0 Å². The van der Waals surface area contributed by atoms with E-state index in [9.17, 15) is 9.59 Å². The molecule has 2 rings (SSSR count). The average molecular weight is 261 g/mol. The van der Waals surface area contributed by atoms with E-state index < -0.39 is 12.0 Å². The van der Waals surface area contributed by atoms with Gasteiger partial charge in [-0.1, -0.05) is 17.7 Å². The minimum Gasteiger partial charge on any atom is -0.480 e. The highest BCUT2D eigenvalue weighted by Crippen LogP contribution is 2.23. The molecular weight excluding hydrogens is 242 g/mol. The first-order chi connectivity index (χ1) is 8.88. The number of ketones is 1. The van der Waals surface area contributed by atoms with Gasteiger partial charge in [0.25, 0.3) is 0 Å². The van der Waals surface area contributed by atoms with Crippen molar-refractivity contribution >= 4 is 11.8 Å². The number of hydrogen-bond acceptors (Lipinski definition) is 3. The van der Waals surface area contributed by atoms with Gasteiger partial charge >= 0.3 is 5.97 Å². The monoisotopic (exact) mass is 261 g/mol. The molecule has 1 N–H and O–H groups in total. The van der Waals surface area contributed by atoms with Crippen LogP contribution in [0.4, 0.5) is 0 Å². The summed E-state index contributed by atoms with van der Waals surface area (Å²) in [5.41, 5.74) is 4.64. The molecule has 1 aromatic carbocycles. The molecule has 1 saturated heterocycles. The van der Waals surface area contributed by atoms with Crippen LogP contribution in [0, 0.1) is 20.8 Å². The molecular formula is C15H19NO3. The Morgan fingerprint density at radius 2 is 1.89 bits per heavy atom. The fourth-order valence-corrected chi connectivity index (χ4v) is 2.82. The van der Waals surface area contributed by atoms with Gasteiger partial charge in [0.2, 0.25) is 0 Å². The van der Waals surface area contributed by atoms with Crippen molar-refractivity contribution in [3.05, 3.63) is 34.4 Å². The number of nitrogens with zero attached hydrogens (tertiary/aromatic N) is 1. The number of likely N-dealkylation sites (tertiary alicyclic amines) is 1. The van der Waals surface area contributed by atoms with Crippen LogP contribution >= 0.6 is 0 Å². The lowest BCUT2D eigenvalue weighted by molar-refractivity contribution is -0.142. The summed E-state index contributed by atoms with van der Waals surface area (Å²) < 4.78 is 0. The van der Waals surface area contributed by atoms with E-state index in [4.69, 9.17) is 5.11 Å². The van der Waals surface area contributed by atoms with E-state index in [2.05, 4.69) is 12.1 Å². The number of aliphatic carboxylic acids is 1. The molecule has 1 unspecified atom stereocenters. The number of Topliss-reactive ketones (excluding diaryl/α,β-unsaturated/α-hetero) is 1. The summed E-state index contributed by atoms with van der Waals surface area (Å²) in [7, 11) is 0. The highest BCUT2D eigenvalue weighted by atomic mass is 16.4. The number of hydrogen-bond donors (Lipinski definition) is 1. The van der Waals surface area contributed by atoms with Crippen molar-refractivity contribution in [2.75, 3.05) is 6.54 Å². The molecule has 0 bridgehead atoms. The van der Waals surface area contributed by atoms with Crippen LogP contribution in [0.5, 0.6) is 0 Å². The Kier molecular flexibility index (Phi) is 3.71. The lowest BCUT2D eigenvalue weighted by Gasteiger charge is -2.22. The van der Waals surface area contributed by atoms with E-state index >= 15 is 0 Å². The smallest absolute Gasteiger partial charge is 0.321 e. The quantitative estimate of drug-likeness (QED) is 0.902. The van der Waals surface area contributed by atoms with Crippen LogP contribution in [-0.2, 0) is 16.1 Å². The zero-order chi connectivity index (χ0) is 14.2. The summed E-state index contributed by atoms with van der Waals surface area (Å²) in [5, 5.41) is 9.17. The molecule has 0 aliphatic carbocycles. The number of carbonyl (C=O) groups excluding carboxylic acids is 1. The van der Waals surface area contributed by atoms with Gasteiger partial charge in [0, 0.05) is 13.0 Å². The van der Waals surface area contributed by atoms with Gasteiger partial charge in [-0.2, -0.15) is 0 Å². The second-order valence-electron chi connectivity index (χ2n) is 5.38. The maximum Gasteiger partial charge on any atom is 0.321 e. The number of rotatable bonds is 3. The first-order valence-corrected chi connectivity index (χ1v) is 6.43. The normalized spacial score (nSPS) is 19.9. The lowest BCUT2D eigenvalue weighted by Crippen LogP contribution is -2.35. The van der Waals surface area contributed by atoms with Gasteiger partial charge in [0.1, 0.15) is 11.8 Å². The minimum absolute atomic E-state index is 0.00909. The van der Waals surface area contributed by atoms with Crippen LogP contribution in [0.1, 0.15) is 28.7 Å². The summed E-state index contributed by atoms with van der Waals surface area (Å²) in [6, 6.07) is 3.51. The van der Waals surface area contributed by atoms with E-state index in [0.717, 1.165) is 16.7 Å². The summed E-state index contributed by atoms with van der Waals surface area (Å²) in [5.74, 6) is -0.900. The highest BCUT2D eigenvalue weighted by Gasteiger charge is 2.35. The third-order valence-electron chi connectivity index (χ3n) is 3.73. The van der Waals surface area contributed by atoms with Crippen molar-refractivity contribution in [1.82, 2.24) is 4.90 Å². The Morgan fingerprint density at radius 1 is 1.32 bits per heavy atom. The van der Waals surface area contributed by atoms with Gasteiger partial charge in [-0.05, 0) is 37.5 Å². The third kappa shape index (κ3) is 2.84. The van der Waals surface area contributed by atoms with E-state index in [0.29, 0.717) is 6.54 Å². The van der Waals surface area contributed by atoms with E-state index in [-0.39, 0.29) is 18.7 Å². The van der Waals surface area contributed by atoms with Crippen molar-refractivity contribution in [3.8, 4) is 0 Å². The molecule has 1 heterocycles. The predicted octanol–water partition coefficient (Wildman–Crippen LogP) is 1.84. The molecule has 1 aliphatic heterocycles. The minimum atomic E-state index is -0.909. The largest absolute Gasteiger partial charge is 0.480 e. The second kappa shape index (κ2) is 5.13. The maximum atomic E-state index is 11.5. The Hall–Kier alpha value is -1.68. The fraction of sp³-hybridized carbons (Fsp3) is 0.467. The summed E-state index contributed by atoms with van der Waals surface area (Å²) in [4.78, 5) is 24.4. The number of carboxylic acids is 1. The van der Waals surface area contributed by atoms with Crippen LogP contribution in [0.25, 0.3) is 0 Å².